The van der Waals surface area contributed by atoms with E-state index in [2.05, 4.69) is 22.8 Å². The minimum absolute atomic E-state index is 0.00798. The van der Waals surface area contributed by atoms with Gasteiger partial charge in [-0.3, -0.25) is 14.5 Å². The van der Waals surface area contributed by atoms with Gasteiger partial charge in [0.25, 0.3) is 0 Å². The topological polar surface area (TPSA) is 147 Å². The highest BCUT2D eigenvalue weighted by Crippen LogP contribution is 2.32. The first-order chi connectivity index (χ1) is 21.4. The van der Waals surface area contributed by atoms with Crippen LogP contribution >= 0.6 is 0 Å². The molecule has 2 aliphatic heterocycles. The summed E-state index contributed by atoms with van der Waals surface area (Å²) in [5.41, 5.74) is 1.62. The molecule has 12 nitrogen and oxygen atoms in total. The third kappa shape index (κ3) is 9.25. The summed E-state index contributed by atoms with van der Waals surface area (Å²) in [6.45, 7) is 8.19. The van der Waals surface area contributed by atoms with Gasteiger partial charge < -0.3 is 34.7 Å². The second kappa shape index (κ2) is 15.5. The molecule has 0 unspecified atom stereocenters. The van der Waals surface area contributed by atoms with Crippen molar-refractivity contribution in [2.45, 2.75) is 122 Å². The van der Waals surface area contributed by atoms with Crippen LogP contribution in [0.5, 0.6) is 0 Å². The fourth-order valence-corrected chi connectivity index (χ4v) is 6.82. The van der Waals surface area contributed by atoms with Crippen LogP contribution in [0.15, 0.2) is 23.3 Å². The second-order valence-electron chi connectivity index (χ2n) is 13.7. The SMILES string of the molecule is CCC[C@H](NC(=O)[C@@H]1C[C@@H](OC(=O)N2CC3=C(CCC=C3)C2)CN1C(=O)[C@@H](NC(=O)OC(C)(C)C)C1CCCCC1)B(O)OC. The maximum Gasteiger partial charge on any atom is 0.477 e. The van der Waals surface area contributed by atoms with E-state index in [9.17, 15) is 24.2 Å². The van der Waals surface area contributed by atoms with Crippen LogP contribution in [0.25, 0.3) is 0 Å². The molecule has 0 aromatic heterocycles. The van der Waals surface area contributed by atoms with E-state index in [-0.39, 0.29) is 18.9 Å². The van der Waals surface area contributed by atoms with Gasteiger partial charge in [0, 0.05) is 26.6 Å². The van der Waals surface area contributed by atoms with E-state index >= 15 is 0 Å². The number of nitrogens with zero attached hydrogens (tertiary/aromatic N) is 2. The van der Waals surface area contributed by atoms with Gasteiger partial charge in [-0.1, -0.05) is 44.8 Å². The van der Waals surface area contributed by atoms with Crippen molar-refractivity contribution in [2.24, 2.45) is 5.92 Å². The predicted molar refractivity (Wildman–Crippen MR) is 169 cm³/mol. The van der Waals surface area contributed by atoms with Crippen molar-refractivity contribution in [3.63, 3.8) is 0 Å². The van der Waals surface area contributed by atoms with Gasteiger partial charge in [0.1, 0.15) is 23.8 Å². The Morgan fingerprint density at radius 2 is 1.84 bits per heavy atom. The lowest BCUT2D eigenvalue weighted by Crippen LogP contribution is -2.58. The average Bonchev–Trinajstić information content (AvgIpc) is 3.63. The van der Waals surface area contributed by atoms with Crippen LogP contribution < -0.4 is 10.6 Å². The highest BCUT2D eigenvalue weighted by molar-refractivity contribution is 6.45. The van der Waals surface area contributed by atoms with Crippen LogP contribution in [-0.2, 0) is 23.7 Å². The summed E-state index contributed by atoms with van der Waals surface area (Å²) in [6, 6.07) is -1.87. The predicted octanol–water partition coefficient (Wildman–Crippen LogP) is 3.48. The number of hydrogen-bond donors (Lipinski definition) is 3. The summed E-state index contributed by atoms with van der Waals surface area (Å²) >= 11 is 0. The van der Waals surface area contributed by atoms with E-state index in [1.807, 2.05) is 6.92 Å². The Bertz CT molecular complexity index is 1150. The number of hydrogen-bond acceptors (Lipinski definition) is 8. The van der Waals surface area contributed by atoms with Crippen molar-refractivity contribution in [1.82, 2.24) is 20.4 Å². The van der Waals surface area contributed by atoms with Gasteiger partial charge in [-0.05, 0) is 69.9 Å². The zero-order valence-corrected chi connectivity index (χ0v) is 27.5. The average molecular weight is 631 g/mol. The maximum absolute atomic E-state index is 14.4. The van der Waals surface area contributed by atoms with Crippen molar-refractivity contribution < 1.29 is 38.3 Å². The van der Waals surface area contributed by atoms with E-state index < -0.39 is 60.8 Å². The van der Waals surface area contributed by atoms with Gasteiger partial charge in [-0.15, -0.1) is 0 Å². The molecule has 13 heteroatoms. The summed E-state index contributed by atoms with van der Waals surface area (Å²) in [5.74, 6) is -1.69. The van der Waals surface area contributed by atoms with Gasteiger partial charge in [0.05, 0.1) is 12.5 Å². The number of allylic oxidation sites excluding steroid dienone is 1. The number of carbonyl (C=O) groups is 4. The molecule has 3 N–H and O–H groups in total. The minimum Gasteiger partial charge on any atom is -0.444 e. The first-order valence-electron chi connectivity index (χ1n) is 16.5. The monoisotopic (exact) mass is 630 g/mol. The number of rotatable bonds is 10. The quantitative estimate of drug-likeness (QED) is 0.311. The lowest BCUT2D eigenvalue weighted by atomic mass is 9.76. The van der Waals surface area contributed by atoms with Gasteiger partial charge in [-0.25, -0.2) is 9.59 Å². The normalized spacial score (nSPS) is 23.3. The Morgan fingerprint density at radius 3 is 2.49 bits per heavy atom. The fraction of sp³-hybridized carbons (Fsp3) is 0.750. The van der Waals surface area contributed by atoms with Gasteiger partial charge in [0.2, 0.25) is 11.8 Å². The van der Waals surface area contributed by atoms with E-state index in [1.54, 1.807) is 25.7 Å². The Balaban J connectivity index is 1.54. The highest BCUT2D eigenvalue weighted by Gasteiger charge is 2.47. The van der Waals surface area contributed by atoms with Crippen molar-refractivity contribution in [2.75, 3.05) is 26.7 Å². The zero-order valence-electron chi connectivity index (χ0n) is 27.5. The van der Waals surface area contributed by atoms with Crippen LogP contribution in [0.4, 0.5) is 9.59 Å². The number of carbonyl (C=O) groups excluding carboxylic acids is 4. The summed E-state index contributed by atoms with van der Waals surface area (Å²) < 4.78 is 16.5. The van der Waals surface area contributed by atoms with Crippen LogP contribution in [0.1, 0.15) is 91.9 Å². The molecule has 250 valence electrons. The molecule has 4 rings (SSSR count). The molecule has 45 heavy (non-hydrogen) atoms. The molecular formula is C32H51BN4O8. The van der Waals surface area contributed by atoms with Gasteiger partial charge in [0.15, 0.2) is 0 Å². The molecule has 0 bridgehead atoms. The summed E-state index contributed by atoms with van der Waals surface area (Å²) in [5, 5.41) is 16.1. The number of ether oxygens (including phenoxy) is 2. The van der Waals surface area contributed by atoms with Crippen LogP contribution in [0.3, 0.4) is 0 Å². The van der Waals surface area contributed by atoms with Crippen LogP contribution in [-0.4, -0.2) is 102 Å². The fourth-order valence-electron chi connectivity index (χ4n) is 6.82. The van der Waals surface area contributed by atoms with Crippen LogP contribution in [0.2, 0.25) is 0 Å². The molecule has 1 saturated heterocycles. The summed E-state index contributed by atoms with van der Waals surface area (Å²) in [6.07, 6.45) is 9.83. The molecule has 0 spiro atoms. The minimum atomic E-state index is -1.22. The van der Waals surface area contributed by atoms with Gasteiger partial charge in [-0.2, -0.15) is 0 Å². The molecule has 4 amide bonds. The molecule has 2 heterocycles. The summed E-state index contributed by atoms with van der Waals surface area (Å²) in [4.78, 5) is 57.4. The number of alkyl carbamates (subject to hydrolysis) is 1. The highest BCUT2D eigenvalue weighted by atomic mass is 16.6. The molecule has 4 atom stereocenters. The van der Waals surface area contributed by atoms with Crippen molar-refractivity contribution in [3.05, 3.63) is 23.3 Å². The van der Waals surface area contributed by atoms with E-state index in [0.717, 1.165) is 50.5 Å². The zero-order chi connectivity index (χ0) is 32.7. The standard InChI is InChI=1S/C32H51BN4O8/c1-6-12-26(33(42)43-5)34-28(38)25-17-24(44-31(41)36-18-22-15-10-11-16-23(22)19-36)20-37(25)29(39)27(21-13-8-7-9-14-21)35-30(40)45-32(2,3)4/h10,15,21,24-27,42H,6-9,11-14,16-20H2,1-5H3,(H,34,38)(H,35,40)/t24-,25+,26+,27+/m1/s1. The van der Waals surface area contributed by atoms with E-state index in [4.69, 9.17) is 14.1 Å². The largest absolute Gasteiger partial charge is 0.477 e. The molecule has 2 fully saturated rings. The van der Waals surface area contributed by atoms with E-state index in [1.165, 1.54) is 17.6 Å². The molecule has 1 saturated carbocycles. The summed E-state index contributed by atoms with van der Waals surface area (Å²) in [7, 11) is 0.137. The lowest BCUT2D eigenvalue weighted by molar-refractivity contribution is -0.141. The molecule has 4 aliphatic rings. The number of likely N-dealkylation sites (tertiary alicyclic amines) is 1. The Kier molecular flexibility index (Phi) is 12.0. The third-order valence-corrected chi connectivity index (χ3v) is 9.08. The molecular weight excluding hydrogens is 579 g/mol. The first kappa shape index (κ1) is 34.8. The Labute approximate surface area is 267 Å². The molecule has 0 aromatic carbocycles. The van der Waals surface area contributed by atoms with Crippen molar-refractivity contribution in [3.8, 4) is 0 Å². The maximum atomic E-state index is 14.4. The lowest BCUT2D eigenvalue weighted by Gasteiger charge is -2.35. The molecule has 0 radical (unpaired) electrons. The Hall–Kier alpha value is -3.06. The molecule has 0 aromatic rings. The van der Waals surface area contributed by atoms with Crippen LogP contribution in [0, 0.1) is 5.92 Å². The third-order valence-electron chi connectivity index (χ3n) is 9.08. The second-order valence-corrected chi connectivity index (χ2v) is 13.7. The first-order valence-corrected chi connectivity index (χ1v) is 16.5. The smallest absolute Gasteiger partial charge is 0.444 e. The van der Waals surface area contributed by atoms with Gasteiger partial charge >= 0.3 is 19.3 Å². The molecule has 2 aliphatic carbocycles. The van der Waals surface area contributed by atoms with Crippen molar-refractivity contribution >= 4 is 31.1 Å². The number of amides is 4. The Morgan fingerprint density at radius 1 is 1.11 bits per heavy atom. The number of nitrogens with one attached hydrogen (secondary N) is 2. The van der Waals surface area contributed by atoms with E-state index in [0.29, 0.717) is 25.9 Å². The van der Waals surface area contributed by atoms with Crippen molar-refractivity contribution in [1.29, 1.82) is 0 Å².